The van der Waals surface area contributed by atoms with Gasteiger partial charge in [-0.2, -0.15) is 0 Å². The van der Waals surface area contributed by atoms with Crippen molar-refractivity contribution in [1.82, 2.24) is 14.8 Å². The molecule has 30 heavy (non-hydrogen) atoms. The summed E-state index contributed by atoms with van der Waals surface area (Å²) in [6.45, 7) is 2.42. The Labute approximate surface area is 177 Å². The van der Waals surface area contributed by atoms with Crippen molar-refractivity contribution < 1.29 is 14.3 Å². The molecule has 6 nitrogen and oxygen atoms in total. The topological polar surface area (TPSA) is 62.7 Å². The van der Waals surface area contributed by atoms with Crippen LogP contribution in [-0.4, -0.2) is 53.3 Å². The summed E-state index contributed by atoms with van der Waals surface area (Å²) in [5, 5.41) is 0. The maximum absolute atomic E-state index is 12.5. The molecule has 1 aliphatic carbocycles. The van der Waals surface area contributed by atoms with Crippen LogP contribution in [0.3, 0.4) is 0 Å². The van der Waals surface area contributed by atoms with E-state index < -0.39 is 0 Å². The molecule has 1 saturated carbocycles. The summed E-state index contributed by atoms with van der Waals surface area (Å²) >= 11 is 0. The molecule has 0 N–H and O–H groups in total. The Balaban J connectivity index is 1.31. The Hall–Kier alpha value is -2.89. The van der Waals surface area contributed by atoms with Crippen LogP contribution in [0, 0.1) is 5.92 Å². The van der Waals surface area contributed by atoms with E-state index >= 15 is 0 Å². The van der Waals surface area contributed by atoms with Crippen molar-refractivity contribution in [2.24, 2.45) is 5.92 Å². The summed E-state index contributed by atoms with van der Waals surface area (Å²) in [7, 11) is 1.84. The largest absolute Gasteiger partial charge is 0.491 e. The molecule has 158 valence electrons. The van der Waals surface area contributed by atoms with Crippen LogP contribution in [0.25, 0.3) is 0 Å². The number of nitrogens with zero attached hydrogens (tertiary/aromatic N) is 3. The average Bonchev–Trinajstić information content (AvgIpc) is 3.62. The Bertz CT molecular complexity index is 896. The Morgan fingerprint density at radius 1 is 1.20 bits per heavy atom. The van der Waals surface area contributed by atoms with Crippen molar-refractivity contribution in [3.8, 4) is 5.75 Å². The van der Waals surface area contributed by atoms with Crippen molar-refractivity contribution in [2.75, 3.05) is 26.7 Å². The average molecular weight is 408 g/mol. The lowest BCUT2D eigenvalue weighted by atomic mass is 10.0. The summed E-state index contributed by atoms with van der Waals surface area (Å²) in [6, 6.07) is 11.9. The van der Waals surface area contributed by atoms with Crippen LogP contribution in [-0.2, 0) is 29.0 Å². The smallest absolute Gasteiger partial charge is 0.226 e. The molecule has 6 heteroatoms. The van der Waals surface area contributed by atoms with E-state index in [0.29, 0.717) is 39.1 Å². The second kappa shape index (κ2) is 9.28. The number of hydrogen-bond donors (Lipinski definition) is 0. The zero-order chi connectivity index (χ0) is 20.9. The third-order valence-electron chi connectivity index (χ3n) is 5.83. The Morgan fingerprint density at radius 2 is 2.07 bits per heavy atom. The SMILES string of the molecule is CN(CCc1ccccn1)C(=O)CCc1ccc2c(c1)CN(C(=O)C1CC1)CCO2. The molecule has 2 heterocycles. The lowest BCUT2D eigenvalue weighted by molar-refractivity contribution is -0.133. The molecule has 2 amide bonds. The van der Waals surface area contributed by atoms with Crippen LogP contribution in [0.4, 0.5) is 0 Å². The highest BCUT2D eigenvalue weighted by Gasteiger charge is 2.34. The van der Waals surface area contributed by atoms with Gasteiger partial charge in [-0.1, -0.05) is 18.2 Å². The van der Waals surface area contributed by atoms with Gasteiger partial charge in [0.25, 0.3) is 0 Å². The van der Waals surface area contributed by atoms with Gasteiger partial charge in [0.2, 0.25) is 11.8 Å². The second-order valence-electron chi connectivity index (χ2n) is 8.21. The number of aromatic nitrogens is 1. The van der Waals surface area contributed by atoms with Gasteiger partial charge in [0, 0.05) is 56.4 Å². The molecule has 1 aliphatic heterocycles. The van der Waals surface area contributed by atoms with E-state index in [2.05, 4.69) is 11.1 Å². The number of carbonyl (C=O) groups is 2. The standard InChI is InChI=1S/C24H29N3O3/c1-26(13-11-21-4-2-3-12-25-21)23(28)10-6-18-5-9-22-20(16-18)17-27(14-15-30-22)24(29)19-7-8-19/h2-5,9,12,16,19H,6-8,10-11,13-15,17H2,1H3. The summed E-state index contributed by atoms with van der Waals surface area (Å²) in [4.78, 5) is 33.0. The van der Waals surface area contributed by atoms with E-state index in [-0.39, 0.29) is 17.7 Å². The van der Waals surface area contributed by atoms with Gasteiger partial charge in [0.1, 0.15) is 12.4 Å². The zero-order valence-electron chi connectivity index (χ0n) is 17.5. The second-order valence-corrected chi connectivity index (χ2v) is 8.21. The number of carbonyl (C=O) groups excluding carboxylic acids is 2. The molecule has 2 aliphatic rings. The first kappa shape index (κ1) is 20.4. The molecule has 4 rings (SSSR count). The molecular formula is C24H29N3O3. The van der Waals surface area contributed by atoms with Crippen molar-refractivity contribution in [3.63, 3.8) is 0 Å². The number of rotatable bonds is 7. The minimum absolute atomic E-state index is 0.127. The summed E-state index contributed by atoms with van der Waals surface area (Å²) in [5.74, 6) is 1.45. The molecule has 1 aromatic carbocycles. The molecule has 0 spiro atoms. The van der Waals surface area contributed by atoms with Gasteiger partial charge < -0.3 is 14.5 Å². The number of amides is 2. The van der Waals surface area contributed by atoms with Crippen LogP contribution < -0.4 is 4.74 Å². The number of pyridine rings is 1. The predicted molar refractivity (Wildman–Crippen MR) is 114 cm³/mol. The molecule has 0 radical (unpaired) electrons. The minimum atomic E-state index is 0.127. The number of likely N-dealkylation sites (N-methyl/N-ethyl adjacent to an activating group) is 1. The van der Waals surface area contributed by atoms with Gasteiger partial charge in [-0.15, -0.1) is 0 Å². The molecule has 0 saturated heterocycles. The fourth-order valence-corrected chi connectivity index (χ4v) is 3.77. The van der Waals surface area contributed by atoms with Crippen LogP contribution in [0.15, 0.2) is 42.6 Å². The van der Waals surface area contributed by atoms with E-state index in [1.807, 2.05) is 42.3 Å². The van der Waals surface area contributed by atoms with Gasteiger partial charge in [0.05, 0.1) is 6.54 Å². The molecule has 0 unspecified atom stereocenters. The fraction of sp³-hybridized carbons (Fsp3) is 0.458. The lowest BCUT2D eigenvalue weighted by Crippen LogP contribution is -2.33. The normalized spacial score (nSPS) is 15.7. The van der Waals surface area contributed by atoms with Crippen LogP contribution >= 0.6 is 0 Å². The van der Waals surface area contributed by atoms with Crippen LogP contribution in [0.2, 0.25) is 0 Å². The van der Waals surface area contributed by atoms with Gasteiger partial charge >= 0.3 is 0 Å². The molecule has 2 aromatic rings. The van der Waals surface area contributed by atoms with E-state index in [9.17, 15) is 9.59 Å². The van der Waals surface area contributed by atoms with E-state index in [1.165, 1.54) is 0 Å². The number of hydrogen-bond acceptors (Lipinski definition) is 4. The molecule has 0 bridgehead atoms. The lowest BCUT2D eigenvalue weighted by Gasteiger charge is -2.20. The highest BCUT2D eigenvalue weighted by molar-refractivity contribution is 5.81. The maximum Gasteiger partial charge on any atom is 0.226 e. The molecule has 1 aromatic heterocycles. The molecular weight excluding hydrogens is 378 g/mol. The third-order valence-corrected chi connectivity index (χ3v) is 5.83. The van der Waals surface area contributed by atoms with Gasteiger partial charge in [0.15, 0.2) is 0 Å². The highest BCUT2D eigenvalue weighted by atomic mass is 16.5. The predicted octanol–water partition coefficient (Wildman–Crippen LogP) is 2.85. The first-order chi connectivity index (χ1) is 14.6. The summed E-state index contributed by atoms with van der Waals surface area (Å²) < 4.78 is 5.85. The van der Waals surface area contributed by atoms with Gasteiger partial charge in [-0.3, -0.25) is 14.6 Å². The van der Waals surface area contributed by atoms with Crippen molar-refractivity contribution in [3.05, 3.63) is 59.4 Å². The quantitative estimate of drug-likeness (QED) is 0.708. The number of fused-ring (bicyclic) bond motifs is 1. The third kappa shape index (κ3) is 5.17. The molecule has 1 fully saturated rings. The highest BCUT2D eigenvalue weighted by Crippen LogP contribution is 2.33. The van der Waals surface area contributed by atoms with Gasteiger partial charge in [-0.25, -0.2) is 0 Å². The van der Waals surface area contributed by atoms with Crippen LogP contribution in [0.5, 0.6) is 5.75 Å². The van der Waals surface area contributed by atoms with E-state index in [0.717, 1.165) is 41.8 Å². The first-order valence-electron chi connectivity index (χ1n) is 10.8. The van der Waals surface area contributed by atoms with Crippen molar-refractivity contribution >= 4 is 11.8 Å². The van der Waals surface area contributed by atoms with Crippen molar-refractivity contribution in [2.45, 2.75) is 38.6 Å². The van der Waals surface area contributed by atoms with Crippen LogP contribution in [0.1, 0.15) is 36.1 Å². The zero-order valence-corrected chi connectivity index (χ0v) is 17.5. The Morgan fingerprint density at radius 3 is 2.83 bits per heavy atom. The monoisotopic (exact) mass is 407 g/mol. The van der Waals surface area contributed by atoms with Crippen molar-refractivity contribution in [1.29, 1.82) is 0 Å². The summed E-state index contributed by atoms with van der Waals surface area (Å²) in [5.41, 5.74) is 3.13. The number of aryl methyl sites for hydroxylation is 1. The summed E-state index contributed by atoms with van der Waals surface area (Å²) in [6.07, 6.45) is 5.69. The first-order valence-corrected chi connectivity index (χ1v) is 10.8. The van der Waals surface area contributed by atoms with Gasteiger partial charge in [-0.05, 0) is 43.0 Å². The number of ether oxygens (including phenoxy) is 1. The van der Waals surface area contributed by atoms with E-state index in [4.69, 9.17) is 4.74 Å². The minimum Gasteiger partial charge on any atom is -0.491 e. The Kier molecular flexibility index (Phi) is 6.31. The maximum atomic E-state index is 12.5. The fourth-order valence-electron chi connectivity index (χ4n) is 3.77. The van der Waals surface area contributed by atoms with E-state index in [1.54, 1.807) is 11.1 Å². The molecule has 0 atom stereocenters. The number of benzene rings is 1.